The molecule has 0 bridgehead atoms. The minimum atomic E-state index is -0.425. The van der Waals surface area contributed by atoms with E-state index in [1.54, 1.807) is 12.1 Å². The number of hydrogen-bond acceptors (Lipinski definition) is 4. The van der Waals surface area contributed by atoms with E-state index >= 15 is 0 Å². The van der Waals surface area contributed by atoms with Crippen LogP contribution in [0.3, 0.4) is 0 Å². The molecule has 0 unspecified atom stereocenters. The van der Waals surface area contributed by atoms with Crippen LogP contribution < -0.4 is 9.47 Å². The molecule has 122 valence electrons. The average molecular weight is 444 g/mol. The molecule has 0 aliphatic carbocycles. The molecule has 6 heteroatoms. The normalized spacial score (nSPS) is 10.3. The Labute approximate surface area is 152 Å². The summed E-state index contributed by atoms with van der Waals surface area (Å²) in [4.78, 5) is 11.7. The summed E-state index contributed by atoms with van der Waals surface area (Å²) in [6.45, 7) is 2.73. The molecule has 0 spiro atoms. The highest BCUT2D eigenvalue weighted by Gasteiger charge is 2.16. The number of methoxy groups -OCH3 is 1. The maximum absolute atomic E-state index is 11.7. The number of rotatable bonds is 6. The van der Waals surface area contributed by atoms with Crippen molar-refractivity contribution >= 4 is 37.8 Å². The van der Waals surface area contributed by atoms with Gasteiger partial charge in [-0.25, -0.2) is 4.79 Å². The third-order valence-electron chi connectivity index (χ3n) is 3.03. The van der Waals surface area contributed by atoms with Crippen molar-refractivity contribution in [2.75, 3.05) is 13.7 Å². The predicted molar refractivity (Wildman–Crippen MR) is 95.1 cm³/mol. The van der Waals surface area contributed by atoms with Crippen LogP contribution in [-0.2, 0) is 11.3 Å². The van der Waals surface area contributed by atoms with Gasteiger partial charge in [0.25, 0.3) is 0 Å². The van der Waals surface area contributed by atoms with Gasteiger partial charge in [0.05, 0.1) is 23.8 Å². The van der Waals surface area contributed by atoms with Crippen LogP contribution >= 0.6 is 31.9 Å². The molecule has 0 atom stereocenters. The first kappa shape index (κ1) is 17.8. The van der Waals surface area contributed by atoms with E-state index in [0.717, 1.165) is 10.0 Å². The summed E-state index contributed by atoms with van der Waals surface area (Å²) in [6.07, 6.45) is 0. The Kier molecular flexibility index (Phi) is 6.47. The van der Waals surface area contributed by atoms with Crippen molar-refractivity contribution in [3.8, 4) is 11.5 Å². The minimum Gasteiger partial charge on any atom is -0.490 e. The maximum atomic E-state index is 11.7. The van der Waals surface area contributed by atoms with Crippen LogP contribution in [0.5, 0.6) is 11.5 Å². The standard InChI is InChI=1S/C17H16Br2O4/c1-3-22-15-9-12(17(20)21-2)8-14(19)16(15)23-10-11-4-6-13(18)7-5-11/h4-9H,3,10H2,1-2H3. The Hall–Kier alpha value is -1.53. The van der Waals surface area contributed by atoms with Crippen LogP contribution in [-0.4, -0.2) is 19.7 Å². The van der Waals surface area contributed by atoms with Gasteiger partial charge in [-0.1, -0.05) is 28.1 Å². The van der Waals surface area contributed by atoms with E-state index in [1.165, 1.54) is 7.11 Å². The molecule has 0 heterocycles. The quantitative estimate of drug-likeness (QED) is 0.591. The fraction of sp³-hybridized carbons (Fsp3) is 0.235. The van der Waals surface area contributed by atoms with E-state index < -0.39 is 5.97 Å². The second-order valence-corrected chi connectivity index (χ2v) is 6.40. The van der Waals surface area contributed by atoms with Gasteiger partial charge >= 0.3 is 5.97 Å². The van der Waals surface area contributed by atoms with E-state index in [9.17, 15) is 4.79 Å². The lowest BCUT2D eigenvalue weighted by Gasteiger charge is -2.15. The summed E-state index contributed by atoms with van der Waals surface area (Å²) in [7, 11) is 1.34. The molecule has 4 nitrogen and oxygen atoms in total. The largest absolute Gasteiger partial charge is 0.490 e. The summed E-state index contributed by atoms with van der Waals surface area (Å²) in [5.41, 5.74) is 1.43. The zero-order chi connectivity index (χ0) is 16.8. The summed E-state index contributed by atoms with van der Waals surface area (Å²) in [5.74, 6) is 0.632. The molecule has 2 aromatic rings. The second-order valence-electron chi connectivity index (χ2n) is 4.63. The van der Waals surface area contributed by atoms with Crippen molar-refractivity contribution in [3.63, 3.8) is 0 Å². The first-order chi connectivity index (χ1) is 11.0. The molecule has 0 saturated carbocycles. The van der Waals surface area contributed by atoms with Crippen LogP contribution in [0.15, 0.2) is 45.3 Å². The molecule has 0 radical (unpaired) electrons. The molecule has 0 aromatic heterocycles. The Bertz CT molecular complexity index is 684. The summed E-state index contributed by atoms with van der Waals surface area (Å²) in [5, 5.41) is 0. The van der Waals surface area contributed by atoms with Gasteiger partial charge in [-0.2, -0.15) is 0 Å². The number of benzene rings is 2. The van der Waals surface area contributed by atoms with Crippen LogP contribution in [0.25, 0.3) is 0 Å². The molecule has 0 saturated heterocycles. The van der Waals surface area contributed by atoms with Gasteiger partial charge in [0, 0.05) is 4.47 Å². The first-order valence-electron chi connectivity index (χ1n) is 6.97. The lowest BCUT2D eigenvalue weighted by atomic mass is 10.2. The van der Waals surface area contributed by atoms with Gasteiger partial charge in [0.15, 0.2) is 11.5 Å². The molecular formula is C17H16Br2O4. The van der Waals surface area contributed by atoms with Gasteiger partial charge in [0.1, 0.15) is 6.61 Å². The molecule has 0 amide bonds. The minimum absolute atomic E-state index is 0.392. The van der Waals surface area contributed by atoms with Gasteiger partial charge in [0.2, 0.25) is 0 Å². The van der Waals surface area contributed by atoms with Crippen molar-refractivity contribution < 1.29 is 19.0 Å². The van der Waals surface area contributed by atoms with Gasteiger partial charge in [-0.15, -0.1) is 0 Å². The van der Waals surface area contributed by atoms with Gasteiger partial charge < -0.3 is 14.2 Å². The van der Waals surface area contributed by atoms with E-state index in [4.69, 9.17) is 14.2 Å². The van der Waals surface area contributed by atoms with E-state index in [-0.39, 0.29) is 0 Å². The monoisotopic (exact) mass is 442 g/mol. The van der Waals surface area contributed by atoms with Gasteiger partial charge in [-0.3, -0.25) is 0 Å². The molecule has 2 aromatic carbocycles. The lowest BCUT2D eigenvalue weighted by Crippen LogP contribution is -2.05. The highest BCUT2D eigenvalue weighted by molar-refractivity contribution is 9.10. The number of carbonyl (C=O) groups excluding carboxylic acids is 1. The second kappa shape index (κ2) is 8.36. The Morgan fingerprint density at radius 3 is 2.39 bits per heavy atom. The molecular weight excluding hydrogens is 428 g/mol. The zero-order valence-corrected chi connectivity index (χ0v) is 15.9. The topological polar surface area (TPSA) is 44.8 Å². The number of carbonyl (C=O) groups is 1. The summed E-state index contributed by atoms with van der Waals surface area (Å²) < 4.78 is 17.9. The van der Waals surface area contributed by atoms with Crippen molar-refractivity contribution in [2.24, 2.45) is 0 Å². The number of hydrogen-bond donors (Lipinski definition) is 0. The number of esters is 1. The third-order valence-corrected chi connectivity index (χ3v) is 4.14. The Morgan fingerprint density at radius 1 is 1.09 bits per heavy atom. The highest BCUT2D eigenvalue weighted by Crippen LogP contribution is 2.37. The molecule has 0 N–H and O–H groups in total. The molecule has 2 rings (SSSR count). The van der Waals surface area contributed by atoms with Crippen LogP contribution in [0.2, 0.25) is 0 Å². The molecule has 0 aliphatic rings. The lowest BCUT2D eigenvalue weighted by molar-refractivity contribution is 0.0600. The SMILES string of the molecule is CCOc1cc(C(=O)OC)cc(Br)c1OCc1ccc(Br)cc1. The van der Waals surface area contributed by atoms with Gasteiger partial charge in [-0.05, 0) is 52.7 Å². The summed E-state index contributed by atoms with van der Waals surface area (Å²) in [6, 6.07) is 11.1. The number of halogens is 2. The van der Waals surface area contributed by atoms with E-state index in [2.05, 4.69) is 31.9 Å². The Morgan fingerprint density at radius 2 is 1.78 bits per heavy atom. The molecule has 23 heavy (non-hydrogen) atoms. The Balaban J connectivity index is 2.25. The molecule has 0 fully saturated rings. The van der Waals surface area contributed by atoms with Crippen molar-refractivity contribution in [3.05, 3.63) is 56.5 Å². The van der Waals surface area contributed by atoms with Crippen LogP contribution in [0, 0.1) is 0 Å². The van der Waals surface area contributed by atoms with Crippen LogP contribution in [0.4, 0.5) is 0 Å². The van der Waals surface area contributed by atoms with Crippen molar-refractivity contribution in [1.29, 1.82) is 0 Å². The van der Waals surface area contributed by atoms with Crippen molar-refractivity contribution in [2.45, 2.75) is 13.5 Å². The third kappa shape index (κ3) is 4.72. The molecule has 0 aliphatic heterocycles. The van der Waals surface area contributed by atoms with Crippen LogP contribution in [0.1, 0.15) is 22.8 Å². The summed E-state index contributed by atoms with van der Waals surface area (Å²) >= 11 is 6.83. The highest BCUT2D eigenvalue weighted by atomic mass is 79.9. The first-order valence-corrected chi connectivity index (χ1v) is 8.55. The average Bonchev–Trinajstić information content (AvgIpc) is 2.55. The van der Waals surface area contributed by atoms with Crippen molar-refractivity contribution in [1.82, 2.24) is 0 Å². The predicted octanol–water partition coefficient (Wildman–Crippen LogP) is 4.98. The van der Waals surface area contributed by atoms with E-state index in [1.807, 2.05) is 31.2 Å². The maximum Gasteiger partial charge on any atom is 0.338 e. The fourth-order valence-electron chi connectivity index (χ4n) is 1.94. The smallest absolute Gasteiger partial charge is 0.338 e. The fourth-order valence-corrected chi connectivity index (χ4v) is 2.76. The number of ether oxygens (including phenoxy) is 3. The van der Waals surface area contributed by atoms with E-state index in [0.29, 0.717) is 34.7 Å². The zero-order valence-electron chi connectivity index (χ0n) is 12.8.